The molecule has 3 saturated heterocycles. The highest BCUT2D eigenvalue weighted by Gasteiger charge is 2.29. The zero-order valence-corrected chi connectivity index (χ0v) is 15.1. The Kier molecular flexibility index (Phi) is 7.36. The first-order valence-electron chi connectivity index (χ1n) is 10.0. The molecule has 3 heterocycles. The van der Waals surface area contributed by atoms with Crippen LogP contribution in [0.1, 0.15) is 51.4 Å². The van der Waals surface area contributed by atoms with Crippen LogP contribution >= 0.6 is 0 Å². The predicted octanol–water partition coefficient (Wildman–Crippen LogP) is 2.30. The monoisotopic (exact) mass is 338 g/mol. The highest BCUT2D eigenvalue weighted by Crippen LogP contribution is 2.21. The van der Waals surface area contributed by atoms with Gasteiger partial charge in [-0.1, -0.05) is 12.8 Å². The lowest BCUT2D eigenvalue weighted by Gasteiger charge is -2.34. The average Bonchev–Trinajstić information content (AvgIpc) is 2.98. The third-order valence-electron chi connectivity index (χ3n) is 5.65. The van der Waals surface area contributed by atoms with Crippen molar-refractivity contribution in [3.8, 4) is 0 Å². The normalized spacial score (nSPS) is 29.6. The van der Waals surface area contributed by atoms with Crippen molar-refractivity contribution in [1.82, 2.24) is 9.80 Å². The Bertz CT molecular complexity index is 377. The van der Waals surface area contributed by atoms with Gasteiger partial charge in [-0.2, -0.15) is 0 Å². The Labute approximate surface area is 146 Å². The third kappa shape index (κ3) is 5.43. The van der Waals surface area contributed by atoms with E-state index in [4.69, 9.17) is 9.47 Å². The van der Waals surface area contributed by atoms with Crippen molar-refractivity contribution in [2.75, 3.05) is 52.5 Å². The van der Waals surface area contributed by atoms with Gasteiger partial charge in [-0.15, -0.1) is 0 Å². The molecule has 0 aromatic carbocycles. The van der Waals surface area contributed by atoms with Crippen molar-refractivity contribution in [2.24, 2.45) is 5.92 Å². The van der Waals surface area contributed by atoms with Crippen molar-refractivity contribution < 1.29 is 14.3 Å². The lowest BCUT2D eigenvalue weighted by atomic mass is 9.96. The summed E-state index contributed by atoms with van der Waals surface area (Å²) in [4.78, 5) is 17.4. The molecule has 0 bridgehead atoms. The number of nitrogens with zero attached hydrogens (tertiary/aromatic N) is 2. The maximum atomic E-state index is 12.8. The van der Waals surface area contributed by atoms with Gasteiger partial charge in [0.25, 0.3) is 0 Å². The molecule has 5 nitrogen and oxygen atoms in total. The van der Waals surface area contributed by atoms with Crippen molar-refractivity contribution in [3.63, 3.8) is 0 Å². The van der Waals surface area contributed by atoms with Gasteiger partial charge in [0.1, 0.15) is 0 Å². The van der Waals surface area contributed by atoms with Crippen LogP contribution in [0, 0.1) is 5.92 Å². The molecule has 0 radical (unpaired) electrons. The minimum atomic E-state index is 0.204. The molecule has 1 amide bonds. The maximum absolute atomic E-state index is 12.8. The van der Waals surface area contributed by atoms with Crippen LogP contribution in [0.5, 0.6) is 0 Å². The van der Waals surface area contributed by atoms with Crippen LogP contribution in [-0.4, -0.2) is 74.4 Å². The van der Waals surface area contributed by atoms with E-state index in [1.807, 2.05) is 0 Å². The van der Waals surface area contributed by atoms with Crippen LogP contribution in [0.4, 0.5) is 0 Å². The molecule has 0 aliphatic carbocycles. The summed E-state index contributed by atoms with van der Waals surface area (Å²) in [5, 5.41) is 0. The SMILES string of the molecule is O=C(C1CCCN(CCOCC2CCCO2)C1)N1CCCCCC1. The first-order valence-corrected chi connectivity index (χ1v) is 10.0. The summed E-state index contributed by atoms with van der Waals surface area (Å²) < 4.78 is 11.4. The minimum Gasteiger partial charge on any atom is -0.377 e. The number of likely N-dealkylation sites (tertiary alicyclic amines) is 2. The molecule has 3 aliphatic rings. The van der Waals surface area contributed by atoms with Gasteiger partial charge in [-0.3, -0.25) is 4.79 Å². The molecule has 3 aliphatic heterocycles. The molecule has 2 unspecified atom stereocenters. The number of hydrogen-bond donors (Lipinski definition) is 0. The third-order valence-corrected chi connectivity index (χ3v) is 5.65. The number of rotatable bonds is 6. The lowest BCUT2D eigenvalue weighted by molar-refractivity contribution is -0.137. The second-order valence-electron chi connectivity index (χ2n) is 7.59. The summed E-state index contributed by atoms with van der Waals surface area (Å²) in [6.07, 6.45) is 9.72. The van der Waals surface area contributed by atoms with Gasteiger partial charge < -0.3 is 19.3 Å². The topological polar surface area (TPSA) is 42.0 Å². The Morgan fingerprint density at radius 2 is 1.83 bits per heavy atom. The first kappa shape index (κ1) is 18.2. The summed E-state index contributed by atoms with van der Waals surface area (Å²) >= 11 is 0. The average molecular weight is 338 g/mol. The second-order valence-corrected chi connectivity index (χ2v) is 7.59. The van der Waals surface area contributed by atoms with Crippen LogP contribution in [0.25, 0.3) is 0 Å². The Morgan fingerprint density at radius 3 is 2.58 bits per heavy atom. The molecule has 24 heavy (non-hydrogen) atoms. The highest BCUT2D eigenvalue weighted by molar-refractivity contribution is 5.79. The van der Waals surface area contributed by atoms with Crippen molar-refractivity contribution >= 4 is 5.91 Å². The van der Waals surface area contributed by atoms with Gasteiger partial charge in [0, 0.05) is 32.8 Å². The van der Waals surface area contributed by atoms with Crippen LogP contribution in [0.2, 0.25) is 0 Å². The summed E-state index contributed by atoms with van der Waals surface area (Å²) in [6.45, 7) is 7.27. The molecular weight excluding hydrogens is 304 g/mol. The van der Waals surface area contributed by atoms with E-state index in [0.717, 1.165) is 71.8 Å². The van der Waals surface area contributed by atoms with Crippen molar-refractivity contribution in [3.05, 3.63) is 0 Å². The van der Waals surface area contributed by atoms with E-state index in [1.54, 1.807) is 0 Å². The standard InChI is InChI=1S/C19H34N2O3/c22-19(21-10-3-1-2-4-11-21)17-7-5-9-20(15-17)12-14-23-16-18-8-6-13-24-18/h17-18H,1-16H2. The zero-order valence-electron chi connectivity index (χ0n) is 15.1. The fraction of sp³-hybridized carbons (Fsp3) is 0.947. The number of carbonyl (C=O) groups excluding carboxylic acids is 1. The van der Waals surface area contributed by atoms with E-state index in [9.17, 15) is 4.79 Å². The molecule has 0 spiro atoms. The van der Waals surface area contributed by atoms with E-state index in [1.165, 1.54) is 32.1 Å². The smallest absolute Gasteiger partial charge is 0.226 e. The Morgan fingerprint density at radius 1 is 1.00 bits per heavy atom. The van der Waals surface area contributed by atoms with Crippen LogP contribution in [0.3, 0.4) is 0 Å². The van der Waals surface area contributed by atoms with Crippen LogP contribution in [-0.2, 0) is 14.3 Å². The summed E-state index contributed by atoms with van der Waals surface area (Å²) in [5.74, 6) is 0.608. The number of carbonyl (C=O) groups is 1. The number of hydrogen-bond acceptors (Lipinski definition) is 4. The minimum absolute atomic E-state index is 0.204. The molecular formula is C19H34N2O3. The Balaban J connectivity index is 1.36. The van der Waals surface area contributed by atoms with Crippen LogP contribution < -0.4 is 0 Å². The predicted molar refractivity (Wildman–Crippen MR) is 94.0 cm³/mol. The maximum Gasteiger partial charge on any atom is 0.226 e. The molecule has 5 heteroatoms. The van der Waals surface area contributed by atoms with Crippen LogP contribution in [0.15, 0.2) is 0 Å². The highest BCUT2D eigenvalue weighted by atomic mass is 16.5. The fourth-order valence-electron chi connectivity index (χ4n) is 4.19. The lowest BCUT2D eigenvalue weighted by Crippen LogP contribution is -2.46. The van der Waals surface area contributed by atoms with Gasteiger partial charge in [0.05, 0.1) is 25.2 Å². The van der Waals surface area contributed by atoms with E-state index in [2.05, 4.69) is 9.80 Å². The largest absolute Gasteiger partial charge is 0.377 e. The van der Waals surface area contributed by atoms with Gasteiger partial charge in [-0.05, 0) is 45.1 Å². The molecule has 0 N–H and O–H groups in total. The van der Waals surface area contributed by atoms with Gasteiger partial charge in [-0.25, -0.2) is 0 Å². The van der Waals surface area contributed by atoms with Crippen molar-refractivity contribution in [2.45, 2.75) is 57.5 Å². The van der Waals surface area contributed by atoms with E-state index in [-0.39, 0.29) is 5.92 Å². The summed E-state index contributed by atoms with van der Waals surface area (Å²) in [7, 11) is 0. The number of ether oxygens (including phenoxy) is 2. The molecule has 0 aromatic rings. The zero-order chi connectivity index (χ0) is 16.6. The molecule has 3 rings (SSSR count). The van der Waals surface area contributed by atoms with E-state index in [0.29, 0.717) is 12.0 Å². The quantitative estimate of drug-likeness (QED) is 0.697. The van der Waals surface area contributed by atoms with Gasteiger partial charge in [0.15, 0.2) is 0 Å². The fourth-order valence-corrected chi connectivity index (χ4v) is 4.19. The summed E-state index contributed by atoms with van der Waals surface area (Å²) in [6, 6.07) is 0. The Hall–Kier alpha value is -0.650. The second kappa shape index (κ2) is 9.73. The molecule has 3 fully saturated rings. The van der Waals surface area contributed by atoms with Gasteiger partial charge >= 0.3 is 0 Å². The number of amides is 1. The molecule has 0 saturated carbocycles. The molecule has 0 aromatic heterocycles. The van der Waals surface area contributed by atoms with E-state index < -0.39 is 0 Å². The molecule has 138 valence electrons. The number of piperidine rings is 1. The van der Waals surface area contributed by atoms with E-state index >= 15 is 0 Å². The first-order chi connectivity index (χ1) is 11.8. The van der Waals surface area contributed by atoms with Crippen molar-refractivity contribution in [1.29, 1.82) is 0 Å². The summed E-state index contributed by atoms with van der Waals surface area (Å²) in [5.41, 5.74) is 0. The molecule has 2 atom stereocenters. The van der Waals surface area contributed by atoms with Gasteiger partial charge in [0.2, 0.25) is 5.91 Å².